The Balaban J connectivity index is 1.80. The summed E-state index contributed by atoms with van der Waals surface area (Å²) in [6.07, 6.45) is 6.41. The van der Waals surface area contributed by atoms with Crippen molar-refractivity contribution in [3.63, 3.8) is 0 Å². The first-order valence-electron chi connectivity index (χ1n) is 8.13. The van der Waals surface area contributed by atoms with Gasteiger partial charge in [-0.2, -0.15) is 0 Å². The Morgan fingerprint density at radius 2 is 2.09 bits per heavy atom. The molecule has 6 heteroatoms. The number of fused-ring (bicyclic) bond motifs is 1. The fourth-order valence-corrected chi connectivity index (χ4v) is 6.44. The molecule has 0 spiro atoms. The van der Waals surface area contributed by atoms with Gasteiger partial charge < -0.3 is 4.90 Å². The maximum Gasteiger partial charge on any atom is 0.264 e. The fourth-order valence-electron chi connectivity index (χ4n) is 3.50. The molecule has 1 amide bonds. The highest BCUT2D eigenvalue weighted by Crippen LogP contribution is 2.30. The van der Waals surface area contributed by atoms with Gasteiger partial charge in [0.2, 0.25) is 0 Å². The summed E-state index contributed by atoms with van der Waals surface area (Å²) in [5.74, 6) is 0.350. The first-order valence-corrected chi connectivity index (χ1v) is 10.8. The van der Waals surface area contributed by atoms with E-state index in [9.17, 15) is 13.2 Å². The smallest absolute Gasteiger partial charge is 0.264 e. The molecule has 1 fully saturated rings. The van der Waals surface area contributed by atoms with Crippen LogP contribution < -0.4 is 0 Å². The van der Waals surface area contributed by atoms with E-state index in [0.29, 0.717) is 13.0 Å². The van der Waals surface area contributed by atoms with E-state index >= 15 is 0 Å². The first kappa shape index (κ1) is 16.0. The van der Waals surface area contributed by atoms with E-state index in [1.807, 2.05) is 6.92 Å². The molecule has 2 heterocycles. The van der Waals surface area contributed by atoms with Gasteiger partial charge in [0.25, 0.3) is 5.91 Å². The predicted octanol–water partition coefficient (Wildman–Crippen LogP) is 2.67. The Morgan fingerprint density at radius 3 is 2.77 bits per heavy atom. The van der Waals surface area contributed by atoms with Crippen LogP contribution in [0.25, 0.3) is 0 Å². The van der Waals surface area contributed by atoms with Gasteiger partial charge in [0.05, 0.1) is 16.4 Å². The number of carbonyl (C=O) groups is 1. The molecule has 1 aromatic rings. The van der Waals surface area contributed by atoms with E-state index in [1.54, 1.807) is 16.2 Å². The lowest BCUT2D eigenvalue weighted by molar-refractivity contribution is 0.0713. The molecule has 0 unspecified atom stereocenters. The summed E-state index contributed by atoms with van der Waals surface area (Å²) in [7, 11) is -2.96. The number of hydrogen-bond donors (Lipinski definition) is 0. The lowest BCUT2D eigenvalue weighted by atomic mass is 10.1. The zero-order chi connectivity index (χ0) is 15.7. The van der Waals surface area contributed by atoms with Crippen LogP contribution in [-0.4, -0.2) is 43.3 Å². The second-order valence-electron chi connectivity index (χ2n) is 6.27. The van der Waals surface area contributed by atoms with Crippen LogP contribution in [0.3, 0.4) is 0 Å². The van der Waals surface area contributed by atoms with Gasteiger partial charge in [-0.05, 0) is 50.7 Å². The Hall–Kier alpha value is -0.880. The van der Waals surface area contributed by atoms with Crippen molar-refractivity contribution in [2.24, 2.45) is 0 Å². The second kappa shape index (κ2) is 6.32. The number of rotatable bonds is 3. The maximum atomic E-state index is 12.8. The van der Waals surface area contributed by atoms with Crippen LogP contribution in [0.1, 0.15) is 52.7 Å². The van der Waals surface area contributed by atoms with Gasteiger partial charge in [0.1, 0.15) is 0 Å². The molecule has 122 valence electrons. The van der Waals surface area contributed by atoms with Gasteiger partial charge in [0, 0.05) is 17.5 Å². The molecule has 0 saturated carbocycles. The van der Waals surface area contributed by atoms with Crippen molar-refractivity contribution >= 4 is 27.1 Å². The summed E-state index contributed by atoms with van der Waals surface area (Å²) in [4.78, 5) is 16.7. The largest absolute Gasteiger partial charge is 0.334 e. The van der Waals surface area contributed by atoms with E-state index in [2.05, 4.69) is 6.07 Å². The minimum atomic E-state index is -2.96. The molecular formula is C16H23NO3S2. The highest BCUT2D eigenvalue weighted by atomic mass is 32.2. The van der Waals surface area contributed by atoms with E-state index in [0.717, 1.165) is 17.7 Å². The molecule has 1 aliphatic carbocycles. The van der Waals surface area contributed by atoms with Crippen molar-refractivity contribution in [1.29, 1.82) is 0 Å². The van der Waals surface area contributed by atoms with Crippen LogP contribution >= 0.6 is 11.3 Å². The monoisotopic (exact) mass is 341 g/mol. The summed E-state index contributed by atoms with van der Waals surface area (Å²) < 4.78 is 23.4. The summed E-state index contributed by atoms with van der Waals surface area (Å²) in [6.45, 7) is 2.50. The second-order valence-corrected chi connectivity index (χ2v) is 9.63. The minimum absolute atomic E-state index is 0.0164. The topological polar surface area (TPSA) is 54.5 Å². The SMILES string of the molecule is CCN(C(=O)c1cc2c(s1)CCCCC2)[C@@H]1CCS(=O)(=O)C1. The van der Waals surface area contributed by atoms with Crippen LogP contribution in [0, 0.1) is 0 Å². The highest BCUT2D eigenvalue weighted by molar-refractivity contribution is 7.91. The molecule has 3 rings (SSSR count). The van der Waals surface area contributed by atoms with Gasteiger partial charge in [-0.25, -0.2) is 8.42 Å². The zero-order valence-corrected chi connectivity index (χ0v) is 14.6. The molecule has 22 heavy (non-hydrogen) atoms. The third kappa shape index (κ3) is 3.23. The Morgan fingerprint density at radius 1 is 1.32 bits per heavy atom. The van der Waals surface area contributed by atoms with Crippen LogP contribution in [-0.2, 0) is 22.7 Å². The average molecular weight is 341 g/mol. The van der Waals surface area contributed by atoms with E-state index in [4.69, 9.17) is 0 Å². The molecule has 1 aromatic heterocycles. The average Bonchev–Trinajstić information content (AvgIpc) is 2.96. The number of hydrogen-bond acceptors (Lipinski definition) is 4. The number of thiophene rings is 1. The van der Waals surface area contributed by atoms with E-state index in [1.165, 1.54) is 29.7 Å². The first-order chi connectivity index (χ1) is 10.5. The minimum Gasteiger partial charge on any atom is -0.334 e. The van der Waals surface area contributed by atoms with Gasteiger partial charge in [0.15, 0.2) is 9.84 Å². The zero-order valence-electron chi connectivity index (χ0n) is 13.0. The lowest BCUT2D eigenvalue weighted by Gasteiger charge is -2.26. The Kier molecular flexibility index (Phi) is 4.59. The Labute approximate surface area is 136 Å². The quantitative estimate of drug-likeness (QED) is 0.794. The number of nitrogens with zero attached hydrogens (tertiary/aromatic N) is 1. The van der Waals surface area contributed by atoms with Crippen molar-refractivity contribution in [2.75, 3.05) is 18.1 Å². The number of amides is 1. The number of carbonyl (C=O) groups excluding carboxylic acids is 1. The van der Waals surface area contributed by atoms with Crippen molar-refractivity contribution in [3.05, 3.63) is 21.4 Å². The van der Waals surface area contributed by atoms with Crippen molar-refractivity contribution in [2.45, 2.75) is 51.5 Å². The molecule has 0 bridgehead atoms. The van der Waals surface area contributed by atoms with Crippen molar-refractivity contribution in [3.8, 4) is 0 Å². The molecule has 0 N–H and O–H groups in total. The predicted molar refractivity (Wildman–Crippen MR) is 89.3 cm³/mol. The molecule has 4 nitrogen and oxygen atoms in total. The molecule has 1 saturated heterocycles. The number of sulfone groups is 1. The highest BCUT2D eigenvalue weighted by Gasteiger charge is 2.34. The van der Waals surface area contributed by atoms with Gasteiger partial charge in [-0.1, -0.05) is 6.42 Å². The fraction of sp³-hybridized carbons (Fsp3) is 0.688. The molecule has 0 radical (unpaired) electrons. The van der Waals surface area contributed by atoms with Gasteiger partial charge >= 0.3 is 0 Å². The van der Waals surface area contributed by atoms with Crippen LogP contribution in [0.4, 0.5) is 0 Å². The third-order valence-corrected chi connectivity index (χ3v) is 7.68. The maximum absolute atomic E-state index is 12.8. The Bertz CT molecular complexity index is 639. The summed E-state index contributed by atoms with van der Waals surface area (Å²) in [5.41, 5.74) is 1.33. The van der Waals surface area contributed by atoms with Crippen molar-refractivity contribution in [1.82, 2.24) is 4.90 Å². The molecule has 2 aliphatic rings. The number of aryl methyl sites for hydroxylation is 2. The van der Waals surface area contributed by atoms with Gasteiger partial charge in [-0.15, -0.1) is 11.3 Å². The standard InChI is InChI=1S/C16H23NO3S2/c1-2-17(13-8-9-22(19,20)11-13)16(18)15-10-12-6-4-3-5-7-14(12)21-15/h10,13H,2-9,11H2,1H3/t13-/m1/s1. The molecular weight excluding hydrogens is 318 g/mol. The van der Waals surface area contributed by atoms with Gasteiger partial charge in [-0.3, -0.25) is 4.79 Å². The summed E-state index contributed by atoms with van der Waals surface area (Å²) in [5, 5.41) is 0. The molecule has 1 aliphatic heterocycles. The summed E-state index contributed by atoms with van der Waals surface area (Å²) in [6, 6.07) is 1.91. The normalized spacial score (nSPS) is 23.8. The molecule has 1 atom stereocenters. The van der Waals surface area contributed by atoms with E-state index < -0.39 is 9.84 Å². The van der Waals surface area contributed by atoms with Crippen molar-refractivity contribution < 1.29 is 13.2 Å². The van der Waals surface area contributed by atoms with Crippen LogP contribution in [0.2, 0.25) is 0 Å². The third-order valence-electron chi connectivity index (χ3n) is 4.71. The molecule has 0 aromatic carbocycles. The summed E-state index contributed by atoms with van der Waals surface area (Å²) >= 11 is 1.62. The van der Waals surface area contributed by atoms with Crippen LogP contribution in [0.5, 0.6) is 0 Å². The van der Waals surface area contributed by atoms with Crippen LogP contribution in [0.15, 0.2) is 6.07 Å². The van der Waals surface area contributed by atoms with E-state index in [-0.39, 0.29) is 23.5 Å². The lowest BCUT2D eigenvalue weighted by Crippen LogP contribution is -2.40.